The van der Waals surface area contributed by atoms with E-state index < -0.39 is 17.7 Å². The molecule has 3 N–H and O–H groups in total. The number of hydrazone groups is 1. The molecule has 3 rings (SSSR count). The van der Waals surface area contributed by atoms with Gasteiger partial charge in [0.2, 0.25) is 0 Å². The Morgan fingerprint density at radius 1 is 0.974 bits per heavy atom. The fraction of sp³-hybridized carbons (Fsp3) is 0.120. The summed E-state index contributed by atoms with van der Waals surface area (Å²) < 4.78 is 16.5. The number of anilines is 2. The SMILES string of the molecule is COc1ccc(NC(=O)C(=O)N/N=C\c2cc(Br)c(OCC(=O)Nc3cccc(Cl)c3Cl)c(OC)c2)cc1. The summed E-state index contributed by atoms with van der Waals surface area (Å²) in [5.41, 5.74) is 3.43. The highest BCUT2D eigenvalue weighted by molar-refractivity contribution is 9.10. The van der Waals surface area contributed by atoms with Gasteiger partial charge in [-0.25, -0.2) is 5.43 Å². The Morgan fingerprint density at radius 2 is 1.71 bits per heavy atom. The first-order chi connectivity index (χ1) is 18.2. The van der Waals surface area contributed by atoms with E-state index in [2.05, 4.69) is 37.1 Å². The summed E-state index contributed by atoms with van der Waals surface area (Å²) in [6.07, 6.45) is 1.31. The molecule has 0 fully saturated rings. The lowest BCUT2D eigenvalue weighted by Crippen LogP contribution is -2.32. The minimum absolute atomic E-state index is 0.218. The van der Waals surface area contributed by atoms with E-state index in [-0.39, 0.29) is 23.1 Å². The van der Waals surface area contributed by atoms with Crippen LogP contribution in [0.25, 0.3) is 0 Å². The fourth-order valence-corrected chi connectivity index (χ4v) is 3.88. The quantitative estimate of drug-likeness (QED) is 0.177. The molecule has 0 aliphatic carbocycles. The average molecular weight is 624 g/mol. The van der Waals surface area contributed by atoms with Crippen LogP contribution in [0.2, 0.25) is 10.0 Å². The lowest BCUT2D eigenvalue weighted by Gasteiger charge is -2.14. The Labute approximate surface area is 236 Å². The summed E-state index contributed by atoms with van der Waals surface area (Å²) in [4.78, 5) is 36.5. The Kier molecular flexibility index (Phi) is 10.3. The van der Waals surface area contributed by atoms with Crippen molar-refractivity contribution >= 4 is 74.4 Å². The van der Waals surface area contributed by atoms with E-state index in [1.165, 1.54) is 20.4 Å². The Morgan fingerprint density at radius 3 is 2.39 bits per heavy atom. The number of methoxy groups -OCH3 is 2. The van der Waals surface area contributed by atoms with Crippen LogP contribution in [0.5, 0.6) is 17.2 Å². The molecule has 38 heavy (non-hydrogen) atoms. The van der Waals surface area contributed by atoms with Gasteiger partial charge < -0.3 is 24.8 Å². The standard InChI is InChI=1S/C25H21BrCl2N4O6/c1-36-16-8-6-15(7-9-16)30-24(34)25(35)32-29-12-14-10-17(26)23(20(11-14)37-2)38-13-21(33)31-19-5-3-4-18(27)22(19)28/h3-12H,13H2,1-2H3,(H,30,34)(H,31,33)(H,32,35)/b29-12-. The molecule has 3 amide bonds. The molecule has 0 bridgehead atoms. The van der Waals surface area contributed by atoms with E-state index >= 15 is 0 Å². The first-order valence-corrected chi connectivity index (χ1v) is 12.3. The van der Waals surface area contributed by atoms with Crippen molar-refractivity contribution in [1.29, 1.82) is 0 Å². The van der Waals surface area contributed by atoms with Gasteiger partial charge in [0.1, 0.15) is 5.75 Å². The number of hydrogen-bond acceptors (Lipinski definition) is 7. The average Bonchev–Trinajstić information content (AvgIpc) is 2.90. The van der Waals surface area contributed by atoms with Crippen LogP contribution in [0, 0.1) is 0 Å². The maximum absolute atomic E-state index is 12.3. The van der Waals surface area contributed by atoms with Crippen molar-refractivity contribution in [2.75, 3.05) is 31.5 Å². The molecule has 10 nitrogen and oxygen atoms in total. The number of carbonyl (C=O) groups excluding carboxylic acids is 3. The molecule has 0 aliphatic heterocycles. The molecule has 0 heterocycles. The highest BCUT2D eigenvalue weighted by Crippen LogP contribution is 2.36. The molecule has 13 heteroatoms. The summed E-state index contributed by atoms with van der Waals surface area (Å²) in [6, 6.07) is 14.5. The van der Waals surface area contributed by atoms with Crippen LogP contribution in [0.4, 0.5) is 11.4 Å². The minimum Gasteiger partial charge on any atom is -0.497 e. The van der Waals surface area contributed by atoms with Crippen molar-refractivity contribution in [1.82, 2.24) is 5.43 Å². The Hall–Kier alpha value is -3.80. The van der Waals surface area contributed by atoms with Gasteiger partial charge in [0, 0.05) is 5.69 Å². The van der Waals surface area contributed by atoms with Crippen molar-refractivity contribution < 1.29 is 28.6 Å². The molecule has 0 saturated heterocycles. The summed E-state index contributed by atoms with van der Waals surface area (Å²) >= 11 is 15.4. The zero-order chi connectivity index (χ0) is 27.7. The van der Waals surface area contributed by atoms with E-state index in [4.69, 9.17) is 37.4 Å². The predicted octanol–water partition coefficient (Wildman–Crippen LogP) is 4.88. The topological polar surface area (TPSA) is 127 Å². The first kappa shape index (κ1) is 28.8. The predicted molar refractivity (Wildman–Crippen MR) is 149 cm³/mol. The number of carbonyl (C=O) groups is 3. The van der Waals surface area contributed by atoms with E-state index in [1.807, 2.05) is 0 Å². The van der Waals surface area contributed by atoms with Crippen molar-refractivity contribution in [3.8, 4) is 17.2 Å². The third-order valence-corrected chi connectivity index (χ3v) is 6.17. The normalized spacial score (nSPS) is 10.6. The Balaban J connectivity index is 1.58. The third kappa shape index (κ3) is 7.85. The van der Waals surface area contributed by atoms with Crippen LogP contribution in [0.1, 0.15) is 5.56 Å². The van der Waals surface area contributed by atoms with Crippen LogP contribution >= 0.6 is 39.1 Å². The van der Waals surface area contributed by atoms with Gasteiger partial charge in [-0.2, -0.15) is 5.10 Å². The van der Waals surface area contributed by atoms with Crippen molar-refractivity contribution in [2.24, 2.45) is 5.10 Å². The highest BCUT2D eigenvalue weighted by Gasteiger charge is 2.16. The van der Waals surface area contributed by atoms with Gasteiger partial charge in [-0.15, -0.1) is 0 Å². The molecule has 0 spiro atoms. The largest absolute Gasteiger partial charge is 0.497 e. The molecule has 3 aromatic carbocycles. The first-order valence-electron chi connectivity index (χ1n) is 10.7. The van der Waals surface area contributed by atoms with Crippen LogP contribution in [0.15, 0.2) is 64.2 Å². The second-order valence-corrected chi connectivity index (χ2v) is 8.99. The zero-order valence-corrected chi connectivity index (χ0v) is 23.1. The van der Waals surface area contributed by atoms with Crippen LogP contribution in [-0.2, 0) is 14.4 Å². The molecule has 0 radical (unpaired) electrons. The number of nitrogens with one attached hydrogen (secondary N) is 3. The van der Waals surface area contributed by atoms with E-state index in [0.29, 0.717) is 32.2 Å². The molecule has 3 aromatic rings. The zero-order valence-electron chi connectivity index (χ0n) is 20.0. The highest BCUT2D eigenvalue weighted by atomic mass is 79.9. The second-order valence-electron chi connectivity index (χ2n) is 7.35. The number of halogens is 3. The lowest BCUT2D eigenvalue weighted by atomic mass is 10.2. The second kappa shape index (κ2) is 13.7. The van der Waals surface area contributed by atoms with E-state index in [1.54, 1.807) is 54.6 Å². The van der Waals surface area contributed by atoms with Crippen molar-refractivity contribution in [2.45, 2.75) is 0 Å². The van der Waals surface area contributed by atoms with Crippen LogP contribution in [0.3, 0.4) is 0 Å². The minimum atomic E-state index is -0.964. The van der Waals surface area contributed by atoms with Gasteiger partial charge >= 0.3 is 11.8 Å². The number of amides is 3. The molecular weight excluding hydrogens is 603 g/mol. The fourth-order valence-electron chi connectivity index (χ4n) is 2.96. The smallest absolute Gasteiger partial charge is 0.329 e. The van der Waals surface area contributed by atoms with E-state index in [0.717, 1.165) is 0 Å². The number of hydrogen-bond donors (Lipinski definition) is 3. The lowest BCUT2D eigenvalue weighted by molar-refractivity contribution is -0.136. The number of rotatable bonds is 9. The molecule has 0 saturated carbocycles. The van der Waals surface area contributed by atoms with Crippen molar-refractivity contribution in [3.63, 3.8) is 0 Å². The van der Waals surface area contributed by atoms with Gasteiger partial charge in [0.15, 0.2) is 18.1 Å². The number of ether oxygens (including phenoxy) is 3. The van der Waals surface area contributed by atoms with Crippen LogP contribution < -0.4 is 30.3 Å². The van der Waals surface area contributed by atoms with Gasteiger partial charge in [-0.1, -0.05) is 29.3 Å². The van der Waals surface area contributed by atoms with Crippen LogP contribution in [-0.4, -0.2) is 44.8 Å². The Bertz CT molecular complexity index is 1370. The van der Waals surface area contributed by atoms with Gasteiger partial charge in [0.25, 0.3) is 5.91 Å². The van der Waals surface area contributed by atoms with Gasteiger partial charge in [-0.05, 0) is 70.0 Å². The summed E-state index contributed by atoms with van der Waals surface area (Å²) in [6.45, 7) is -0.343. The van der Waals surface area contributed by atoms with Crippen molar-refractivity contribution in [3.05, 3.63) is 74.7 Å². The van der Waals surface area contributed by atoms with Gasteiger partial charge in [0.05, 0.1) is 40.6 Å². The maximum atomic E-state index is 12.3. The summed E-state index contributed by atoms with van der Waals surface area (Å²) in [5, 5.41) is 9.40. The maximum Gasteiger partial charge on any atom is 0.329 e. The third-order valence-electron chi connectivity index (χ3n) is 4.76. The molecule has 0 aliphatic rings. The molecule has 198 valence electrons. The molecule has 0 atom stereocenters. The molecule has 0 aromatic heterocycles. The summed E-state index contributed by atoms with van der Waals surface area (Å²) in [5.74, 6) is -1.16. The number of nitrogens with zero attached hydrogens (tertiary/aromatic N) is 1. The monoisotopic (exact) mass is 622 g/mol. The van der Waals surface area contributed by atoms with E-state index in [9.17, 15) is 14.4 Å². The number of benzene rings is 3. The summed E-state index contributed by atoms with van der Waals surface area (Å²) in [7, 11) is 2.94. The molecule has 0 unspecified atom stereocenters. The van der Waals surface area contributed by atoms with Gasteiger partial charge in [-0.3, -0.25) is 14.4 Å². The molecular formula is C25H21BrCl2N4O6.